The van der Waals surface area contributed by atoms with E-state index >= 15 is 0 Å². The van der Waals surface area contributed by atoms with E-state index in [4.69, 9.17) is 13.4 Å². The molecule has 0 aliphatic rings. The fourth-order valence-corrected chi connectivity index (χ4v) is 0. The van der Waals surface area contributed by atoms with Crippen molar-refractivity contribution in [2.24, 2.45) is 0 Å². The van der Waals surface area contributed by atoms with Gasteiger partial charge in [-0.25, -0.2) is 0 Å². The summed E-state index contributed by atoms with van der Waals surface area (Å²) in [6.07, 6.45) is 0. The van der Waals surface area contributed by atoms with Gasteiger partial charge in [-0.15, -0.1) is 0 Å². The van der Waals surface area contributed by atoms with Gasteiger partial charge in [-0.2, -0.15) is 15.2 Å². The molecule has 21 heavy (non-hydrogen) atoms. The molecular weight excluding hydrogens is 270 g/mol. The van der Waals surface area contributed by atoms with Gasteiger partial charge in [-0.05, 0) is 0 Å². The molecule has 0 saturated heterocycles. The number of hydrogen-bond donors (Lipinski definition) is 2. The molecule has 6 heteroatoms. The highest BCUT2D eigenvalue weighted by Gasteiger charge is 1.70. The van der Waals surface area contributed by atoms with Crippen LogP contribution in [0.5, 0.6) is 0 Å². The largest absolute Gasteiger partial charge is 0.315 e. The Labute approximate surface area is 142 Å². The lowest BCUT2D eigenvalue weighted by atomic mass is 11.0. The van der Waals surface area contributed by atoms with E-state index in [0.717, 1.165) is 10.1 Å². The Morgan fingerprint density at radius 1 is 0.714 bits per heavy atom. The second-order valence-corrected chi connectivity index (χ2v) is 2.69. The highest BCUT2D eigenvalue weighted by molar-refractivity contribution is 3.97. The Balaban J connectivity index is -0.00000000844. The van der Waals surface area contributed by atoms with E-state index in [1.54, 1.807) is 40.4 Å². The van der Waals surface area contributed by atoms with E-state index in [9.17, 15) is 0 Å². The summed E-state index contributed by atoms with van der Waals surface area (Å²) >= 11 is 0. The molecule has 0 amide bonds. The SMILES string of the molecule is C.C.C.C.C.C.CC.CN(C)O.CN(C)O.CON(C)C.[2H][3H]. The van der Waals surface area contributed by atoms with Crippen molar-refractivity contribution in [3.05, 3.63) is 0 Å². The fourth-order valence-electron chi connectivity index (χ4n) is 0. The first kappa shape index (κ1) is 58.6. The van der Waals surface area contributed by atoms with Gasteiger partial charge in [-0.1, -0.05) is 58.4 Å². The zero-order valence-corrected chi connectivity index (χ0v) is 11.6. The molecule has 0 unspecified atom stereocenters. The van der Waals surface area contributed by atoms with Crippen LogP contribution >= 0.6 is 0 Å². The monoisotopic (exact) mass is 328 g/mol. The molecule has 0 fully saturated rings. The van der Waals surface area contributed by atoms with Crippen molar-refractivity contribution in [1.29, 1.82) is 0 Å². The third-order valence-electron chi connectivity index (χ3n) is 0.365. The summed E-state index contributed by atoms with van der Waals surface area (Å²) in [7, 11) is 11.5. The number of hydroxylamine groups is 6. The lowest BCUT2D eigenvalue weighted by Gasteiger charge is -2.01. The first-order valence-electron chi connectivity index (χ1n) is 5.67. The number of hydrogen-bond acceptors (Lipinski definition) is 6. The van der Waals surface area contributed by atoms with Crippen LogP contribution in [0, 0.1) is 0 Å². The summed E-state index contributed by atoms with van der Waals surface area (Å²) in [5.41, 5.74) is 0. The van der Waals surface area contributed by atoms with Gasteiger partial charge in [-0.3, -0.25) is 0 Å². The minimum atomic E-state index is 0. The molecule has 0 aliphatic heterocycles. The van der Waals surface area contributed by atoms with Crippen LogP contribution < -0.4 is 0 Å². The fraction of sp³-hybridized carbons (Fsp3) is 1.00. The first-order valence-corrected chi connectivity index (χ1v) is 4.67. The van der Waals surface area contributed by atoms with E-state index in [1.807, 2.05) is 27.9 Å². The Morgan fingerprint density at radius 2 is 0.762 bits per heavy atom. The lowest BCUT2D eigenvalue weighted by molar-refractivity contribution is -0.0855. The number of nitrogens with zero attached hydrogens (tertiary/aromatic N) is 3. The molecule has 0 atom stereocenters. The molecule has 0 heterocycles. The van der Waals surface area contributed by atoms with Gasteiger partial charge in [0.05, 0.1) is 7.11 Å². The van der Waals surface area contributed by atoms with Crippen molar-refractivity contribution < 1.29 is 18.2 Å². The quantitative estimate of drug-likeness (QED) is 0.655. The highest BCUT2D eigenvalue weighted by Crippen LogP contribution is 1.64. The van der Waals surface area contributed by atoms with Crippen molar-refractivity contribution in [1.82, 2.24) is 15.2 Å². The molecule has 0 saturated carbocycles. The Kier molecular flexibility index (Phi) is 204. The summed E-state index contributed by atoms with van der Waals surface area (Å²) in [6.45, 7) is 4.00. The summed E-state index contributed by atoms with van der Waals surface area (Å²) in [5, 5.41) is 19.4. The second-order valence-electron chi connectivity index (χ2n) is 2.69. The molecule has 0 spiro atoms. The van der Waals surface area contributed by atoms with Crippen LogP contribution in [0.2, 0.25) is 0 Å². The molecule has 0 aliphatic carbocycles. The third kappa shape index (κ3) is 2010. The Hall–Kier alpha value is -0.240. The van der Waals surface area contributed by atoms with Crippen molar-refractivity contribution in [3.63, 3.8) is 0 Å². The van der Waals surface area contributed by atoms with E-state index in [0.29, 0.717) is 0 Å². The van der Waals surface area contributed by atoms with Crippen molar-refractivity contribution in [2.75, 3.05) is 49.4 Å². The van der Waals surface area contributed by atoms with Gasteiger partial charge >= 0.3 is 0 Å². The van der Waals surface area contributed by atoms with Crippen LogP contribution in [0.15, 0.2) is 0 Å². The molecule has 0 aromatic rings. The van der Waals surface area contributed by atoms with Crippen LogP contribution in [0.1, 0.15) is 61.4 Å². The van der Waals surface area contributed by atoms with E-state index in [1.165, 1.54) is 0 Å². The van der Waals surface area contributed by atoms with Crippen LogP contribution in [-0.2, 0) is 4.84 Å². The van der Waals surface area contributed by atoms with E-state index in [2.05, 4.69) is 4.84 Å². The smallest absolute Gasteiger partial charge is 0.0574 e. The average Bonchev–Trinajstić information content (AvgIpc) is 2.22. The molecule has 6 nitrogen and oxygen atoms in total. The first-order chi connectivity index (χ1) is 7.73. The summed E-state index contributed by atoms with van der Waals surface area (Å²) in [6, 6.07) is 0. The molecule has 2 N–H and O–H groups in total. The third-order valence-corrected chi connectivity index (χ3v) is 0.365. The van der Waals surface area contributed by atoms with Gasteiger partial charge in [0.15, 0.2) is 0 Å². The molecular formula is C15H55N3O3. The standard InChI is InChI=1S/C3H9NO.2C2H7NO.C2H6.6CH4.H2/c1-4(2)5-3;2*1-3(2)4;1-2;;;;;;;/h1-3H3;2*4H,1-2H3;1-2H3;6*1H4;1H/i;;;;;;;;;;1+2D. The van der Waals surface area contributed by atoms with E-state index < -0.39 is 0 Å². The maximum absolute atomic E-state index is 7.89. The van der Waals surface area contributed by atoms with Gasteiger partial charge in [0.2, 0.25) is 0 Å². The Bertz CT molecular complexity index is 82.9. The summed E-state index contributed by atoms with van der Waals surface area (Å²) < 4.78 is 10.0. The number of rotatable bonds is 1. The van der Waals surface area contributed by atoms with Crippen molar-refractivity contribution in [2.45, 2.75) is 58.4 Å². The highest BCUT2D eigenvalue weighted by atomic mass is 16.7. The van der Waals surface area contributed by atoms with Crippen LogP contribution in [0.4, 0.5) is 0 Å². The predicted molar refractivity (Wildman–Crippen MR) is 105 cm³/mol. The van der Waals surface area contributed by atoms with Crippen LogP contribution in [-0.4, -0.2) is 75.0 Å². The zero-order valence-electron chi connectivity index (χ0n) is 13.6. The van der Waals surface area contributed by atoms with Crippen LogP contribution in [0.3, 0.4) is 0 Å². The second kappa shape index (κ2) is 73.0. The van der Waals surface area contributed by atoms with E-state index in [-0.39, 0.29) is 44.6 Å². The van der Waals surface area contributed by atoms with Crippen molar-refractivity contribution >= 4 is 0 Å². The van der Waals surface area contributed by atoms with Gasteiger partial charge in [0.1, 0.15) is 0 Å². The molecule has 0 radical (unpaired) electrons. The van der Waals surface area contributed by atoms with Gasteiger partial charge in [0, 0.05) is 45.3 Å². The normalized spacial score (nSPS) is 6.38. The molecule has 0 rings (SSSR count). The molecule has 0 aromatic carbocycles. The minimum Gasteiger partial charge on any atom is -0.315 e. The van der Waals surface area contributed by atoms with Gasteiger partial charge < -0.3 is 15.3 Å². The predicted octanol–water partition coefficient (Wildman–Crippen LogP) is 5.07. The molecule has 0 bridgehead atoms. The molecule has 0 aromatic heterocycles. The maximum Gasteiger partial charge on any atom is 0.0574 e. The summed E-state index contributed by atoms with van der Waals surface area (Å²) in [5.74, 6) is 0. The lowest BCUT2D eigenvalue weighted by Crippen LogP contribution is -2.07. The maximum atomic E-state index is 7.89. The van der Waals surface area contributed by atoms with Gasteiger partial charge in [0.25, 0.3) is 0 Å². The Morgan fingerprint density at radius 3 is 0.762 bits per heavy atom. The molecule has 148 valence electrons. The zero-order chi connectivity index (χ0) is 15.4. The topological polar surface area (TPSA) is 59.4 Å². The average molecular weight is 329 g/mol. The van der Waals surface area contributed by atoms with Crippen molar-refractivity contribution in [3.8, 4) is 0 Å². The minimum absolute atomic E-state index is 0. The summed E-state index contributed by atoms with van der Waals surface area (Å²) in [4.78, 5) is 4.58. The van der Waals surface area contributed by atoms with Crippen LogP contribution in [0.25, 0.3) is 0 Å².